The summed E-state index contributed by atoms with van der Waals surface area (Å²) in [6.07, 6.45) is 3.18. The highest BCUT2D eigenvalue weighted by Crippen LogP contribution is 2.20. The van der Waals surface area contributed by atoms with Gasteiger partial charge >= 0.3 is 0 Å². The third-order valence-electron chi connectivity index (χ3n) is 2.07. The molecule has 16 heavy (non-hydrogen) atoms. The highest BCUT2D eigenvalue weighted by atomic mass is 35.5. The molecule has 0 fully saturated rings. The largest absolute Gasteiger partial charge is 0.319 e. The zero-order chi connectivity index (χ0) is 11.5. The summed E-state index contributed by atoms with van der Waals surface area (Å²) in [6, 6.07) is 6.81. The normalized spacial score (nSPS) is 9.75. The number of pyridine rings is 2. The quantitative estimate of drug-likeness (QED) is 0.816. The van der Waals surface area contributed by atoms with Gasteiger partial charge in [-0.3, -0.25) is 9.78 Å². The van der Waals surface area contributed by atoms with Gasteiger partial charge in [0.2, 0.25) is 0 Å². The minimum Gasteiger partial charge on any atom is -0.319 e. The van der Waals surface area contributed by atoms with Crippen molar-refractivity contribution in [3.8, 4) is 17.3 Å². The van der Waals surface area contributed by atoms with Crippen molar-refractivity contribution < 1.29 is 0 Å². The predicted molar refractivity (Wildman–Crippen MR) is 60.0 cm³/mol. The Morgan fingerprint density at radius 1 is 1.50 bits per heavy atom. The Labute approximate surface area is 96.2 Å². The Balaban J connectivity index is 2.71. The van der Waals surface area contributed by atoms with Gasteiger partial charge in [0, 0.05) is 18.0 Å². The van der Waals surface area contributed by atoms with Crippen LogP contribution in [0.25, 0.3) is 11.3 Å². The Morgan fingerprint density at radius 3 is 2.94 bits per heavy atom. The second kappa shape index (κ2) is 4.17. The minimum absolute atomic E-state index is 0.00388. The molecular formula is C11H6ClN3O. The first-order valence-electron chi connectivity index (χ1n) is 4.45. The van der Waals surface area contributed by atoms with Gasteiger partial charge in [0.05, 0.1) is 11.3 Å². The summed E-state index contributed by atoms with van der Waals surface area (Å²) >= 11 is 5.64. The molecule has 0 spiro atoms. The van der Waals surface area contributed by atoms with Crippen molar-refractivity contribution in [3.05, 3.63) is 51.5 Å². The Kier molecular flexibility index (Phi) is 2.71. The number of rotatable bonds is 1. The van der Waals surface area contributed by atoms with E-state index in [9.17, 15) is 4.79 Å². The van der Waals surface area contributed by atoms with Crippen molar-refractivity contribution in [1.29, 1.82) is 5.26 Å². The van der Waals surface area contributed by atoms with Crippen LogP contribution in [0.5, 0.6) is 0 Å². The molecule has 0 unspecified atom stereocenters. The molecule has 78 valence electrons. The highest BCUT2D eigenvalue weighted by Gasteiger charge is 2.08. The Morgan fingerprint density at radius 2 is 2.31 bits per heavy atom. The van der Waals surface area contributed by atoms with Crippen LogP contribution in [0.3, 0.4) is 0 Å². The number of hydrogen-bond donors (Lipinski definition) is 1. The average molecular weight is 232 g/mol. The lowest BCUT2D eigenvalue weighted by atomic mass is 10.1. The van der Waals surface area contributed by atoms with E-state index in [1.54, 1.807) is 24.5 Å². The number of hydrogen-bond acceptors (Lipinski definition) is 3. The van der Waals surface area contributed by atoms with Crippen LogP contribution in [-0.2, 0) is 0 Å². The molecule has 0 bridgehead atoms. The lowest BCUT2D eigenvalue weighted by Gasteiger charge is -2.03. The molecule has 2 aromatic rings. The number of aromatic amines is 1. The second-order valence-corrected chi connectivity index (χ2v) is 3.50. The molecule has 0 saturated heterocycles. The van der Waals surface area contributed by atoms with Crippen molar-refractivity contribution in [2.24, 2.45) is 0 Å². The van der Waals surface area contributed by atoms with Gasteiger partial charge in [-0.05, 0) is 18.2 Å². The summed E-state index contributed by atoms with van der Waals surface area (Å²) in [4.78, 5) is 17.8. The molecule has 0 aliphatic heterocycles. The lowest BCUT2D eigenvalue weighted by Crippen LogP contribution is -2.08. The van der Waals surface area contributed by atoms with Gasteiger partial charge in [-0.1, -0.05) is 11.6 Å². The molecule has 0 aliphatic carbocycles. The van der Waals surface area contributed by atoms with Gasteiger partial charge in [-0.15, -0.1) is 0 Å². The molecule has 0 aliphatic rings. The van der Waals surface area contributed by atoms with Gasteiger partial charge in [-0.25, -0.2) is 0 Å². The zero-order valence-electron chi connectivity index (χ0n) is 8.07. The summed E-state index contributed by atoms with van der Waals surface area (Å²) in [6.45, 7) is 0. The van der Waals surface area contributed by atoms with E-state index in [4.69, 9.17) is 16.9 Å². The first kappa shape index (κ1) is 10.4. The molecule has 0 radical (unpaired) electrons. The van der Waals surface area contributed by atoms with Crippen LogP contribution in [-0.4, -0.2) is 9.97 Å². The maximum Gasteiger partial charge on any atom is 0.267 e. The van der Waals surface area contributed by atoms with E-state index in [1.807, 2.05) is 6.07 Å². The number of nitrogens with one attached hydrogen (secondary N) is 1. The third kappa shape index (κ3) is 1.81. The first-order valence-corrected chi connectivity index (χ1v) is 4.83. The van der Waals surface area contributed by atoms with Gasteiger partial charge < -0.3 is 4.98 Å². The van der Waals surface area contributed by atoms with Crippen LogP contribution >= 0.6 is 11.6 Å². The van der Waals surface area contributed by atoms with E-state index >= 15 is 0 Å². The maximum absolute atomic E-state index is 11.4. The molecular weight excluding hydrogens is 226 g/mol. The van der Waals surface area contributed by atoms with E-state index in [1.165, 1.54) is 6.07 Å². The number of halogens is 1. The fourth-order valence-corrected chi connectivity index (χ4v) is 1.49. The van der Waals surface area contributed by atoms with Gasteiger partial charge in [-0.2, -0.15) is 5.26 Å². The molecule has 2 aromatic heterocycles. The van der Waals surface area contributed by atoms with Crippen molar-refractivity contribution in [2.75, 3.05) is 0 Å². The first-order chi connectivity index (χ1) is 7.72. The molecule has 0 saturated carbocycles. The Hall–Kier alpha value is -2.12. The monoisotopic (exact) mass is 231 g/mol. The summed E-state index contributed by atoms with van der Waals surface area (Å²) in [5.41, 5.74) is 1.01. The summed E-state index contributed by atoms with van der Waals surface area (Å²) < 4.78 is 0. The SMILES string of the molecule is N#Cc1cc(Cl)c(=O)[nH]c1-c1cccnc1. The fraction of sp³-hybridized carbons (Fsp3) is 0. The third-order valence-corrected chi connectivity index (χ3v) is 2.35. The summed E-state index contributed by atoms with van der Waals surface area (Å²) in [5.74, 6) is 0. The molecule has 0 atom stereocenters. The Bertz CT molecular complexity index is 613. The minimum atomic E-state index is -0.417. The van der Waals surface area contributed by atoms with E-state index in [-0.39, 0.29) is 5.02 Å². The molecule has 2 heterocycles. The second-order valence-electron chi connectivity index (χ2n) is 3.09. The van der Waals surface area contributed by atoms with Crippen molar-refractivity contribution in [1.82, 2.24) is 9.97 Å². The van der Waals surface area contributed by atoms with E-state index in [0.29, 0.717) is 16.8 Å². The van der Waals surface area contributed by atoms with Crippen LogP contribution in [0.2, 0.25) is 5.02 Å². The number of nitriles is 1. The van der Waals surface area contributed by atoms with Gasteiger partial charge in [0.25, 0.3) is 5.56 Å². The lowest BCUT2D eigenvalue weighted by molar-refractivity contribution is 1.21. The smallest absolute Gasteiger partial charge is 0.267 e. The topological polar surface area (TPSA) is 69.5 Å². The predicted octanol–water partition coefficient (Wildman–Crippen LogP) is 1.96. The number of nitrogens with zero attached hydrogens (tertiary/aromatic N) is 2. The standard InChI is InChI=1S/C11H6ClN3O/c12-9-4-8(5-13)10(15-11(9)16)7-2-1-3-14-6-7/h1-4,6H,(H,15,16). The highest BCUT2D eigenvalue weighted by molar-refractivity contribution is 6.30. The average Bonchev–Trinajstić information content (AvgIpc) is 2.33. The molecule has 2 rings (SSSR count). The number of aromatic nitrogens is 2. The van der Waals surface area contributed by atoms with E-state index < -0.39 is 5.56 Å². The molecule has 1 N–H and O–H groups in total. The van der Waals surface area contributed by atoms with Crippen LogP contribution in [0.4, 0.5) is 0 Å². The van der Waals surface area contributed by atoms with Crippen molar-refractivity contribution >= 4 is 11.6 Å². The molecule has 4 nitrogen and oxygen atoms in total. The van der Waals surface area contributed by atoms with Gasteiger partial charge in [0.15, 0.2) is 0 Å². The van der Waals surface area contributed by atoms with Crippen molar-refractivity contribution in [2.45, 2.75) is 0 Å². The molecule has 0 amide bonds. The van der Waals surface area contributed by atoms with Crippen LogP contribution in [0, 0.1) is 11.3 Å². The summed E-state index contributed by atoms with van der Waals surface area (Å²) in [5, 5.41) is 8.95. The number of H-pyrrole nitrogens is 1. The van der Waals surface area contributed by atoms with Crippen LogP contribution < -0.4 is 5.56 Å². The van der Waals surface area contributed by atoms with Crippen LogP contribution in [0.15, 0.2) is 35.4 Å². The molecule has 0 aromatic carbocycles. The van der Waals surface area contributed by atoms with Crippen LogP contribution in [0.1, 0.15) is 5.56 Å². The van der Waals surface area contributed by atoms with Crippen molar-refractivity contribution in [3.63, 3.8) is 0 Å². The molecule has 5 heteroatoms. The fourth-order valence-electron chi connectivity index (χ4n) is 1.33. The van der Waals surface area contributed by atoms with E-state index in [2.05, 4.69) is 9.97 Å². The zero-order valence-corrected chi connectivity index (χ0v) is 8.82. The van der Waals surface area contributed by atoms with Gasteiger partial charge in [0.1, 0.15) is 11.1 Å². The van der Waals surface area contributed by atoms with E-state index in [0.717, 1.165) is 0 Å². The maximum atomic E-state index is 11.4. The summed E-state index contributed by atoms with van der Waals surface area (Å²) in [7, 11) is 0.